The third-order valence-electron chi connectivity index (χ3n) is 2.17. The maximum absolute atomic E-state index is 5.44. The molecular weight excluding hydrogens is 228 g/mol. The van der Waals surface area contributed by atoms with Gasteiger partial charge in [0.05, 0.1) is 0 Å². The van der Waals surface area contributed by atoms with E-state index in [1.807, 2.05) is 0 Å². The standard InChI is InChI=1S/C9H24O2SSi2/c1-10-14(6,11-2)9-7-8-12-13(3,4)5/h7-9H2,1-6H3. The van der Waals surface area contributed by atoms with Crippen LogP contribution < -0.4 is 0 Å². The first-order chi connectivity index (χ1) is 6.33. The SMILES string of the molecule is CO[Si](C)(CCCS[Si](C)(C)C)OC. The molecule has 86 valence electrons. The lowest BCUT2D eigenvalue weighted by atomic mass is 10.6. The minimum atomic E-state index is -1.79. The summed E-state index contributed by atoms with van der Waals surface area (Å²) in [6, 6.07) is 1.11. The van der Waals surface area contributed by atoms with Gasteiger partial charge in [-0.15, -0.1) is 0 Å². The van der Waals surface area contributed by atoms with Crippen LogP contribution in [0.1, 0.15) is 6.42 Å². The zero-order valence-corrected chi connectivity index (χ0v) is 13.2. The molecule has 14 heavy (non-hydrogen) atoms. The normalized spacial score (nSPS) is 13.3. The Morgan fingerprint density at radius 1 is 1.00 bits per heavy atom. The van der Waals surface area contributed by atoms with Gasteiger partial charge in [-0.25, -0.2) is 0 Å². The lowest BCUT2D eigenvalue weighted by Gasteiger charge is -2.23. The Morgan fingerprint density at radius 2 is 1.50 bits per heavy atom. The summed E-state index contributed by atoms with van der Waals surface area (Å²) in [5.74, 6) is 1.25. The molecule has 0 rings (SSSR count). The molecule has 0 amide bonds. The molecule has 0 fully saturated rings. The van der Waals surface area contributed by atoms with Crippen LogP contribution in [0.5, 0.6) is 0 Å². The van der Waals surface area contributed by atoms with Crippen LogP contribution in [0.15, 0.2) is 0 Å². The molecule has 0 aromatic rings. The van der Waals surface area contributed by atoms with Gasteiger partial charge < -0.3 is 8.85 Å². The summed E-state index contributed by atoms with van der Waals surface area (Å²) in [4.78, 5) is 0. The summed E-state index contributed by atoms with van der Waals surface area (Å²) in [5.41, 5.74) is 0. The van der Waals surface area contributed by atoms with E-state index in [-0.39, 0.29) is 0 Å². The Balaban J connectivity index is 3.63. The summed E-state index contributed by atoms with van der Waals surface area (Å²) < 4.78 is 10.9. The molecule has 0 bridgehead atoms. The fourth-order valence-corrected chi connectivity index (χ4v) is 5.88. The van der Waals surface area contributed by atoms with Gasteiger partial charge in [-0.3, -0.25) is 0 Å². The smallest absolute Gasteiger partial charge is 0.334 e. The molecule has 0 spiro atoms. The van der Waals surface area contributed by atoms with Crippen LogP contribution in [0.4, 0.5) is 0 Å². The topological polar surface area (TPSA) is 18.5 Å². The highest BCUT2D eigenvalue weighted by Crippen LogP contribution is 2.23. The second-order valence-electron chi connectivity index (χ2n) is 4.61. The summed E-state index contributed by atoms with van der Waals surface area (Å²) in [6.45, 7) is 9.30. The van der Waals surface area contributed by atoms with Crippen molar-refractivity contribution >= 4 is 27.0 Å². The van der Waals surface area contributed by atoms with Crippen LogP contribution in [0.3, 0.4) is 0 Å². The largest absolute Gasteiger partial charge is 0.398 e. The summed E-state index contributed by atoms with van der Waals surface area (Å²) in [7, 11) is 0.815. The first-order valence-electron chi connectivity index (χ1n) is 5.07. The van der Waals surface area contributed by atoms with Crippen molar-refractivity contribution in [2.24, 2.45) is 0 Å². The van der Waals surface area contributed by atoms with Crippen molar-refractivity contribution in [1.82, 2.24) is 0 Å². The fraction of sp³-hybridized carbons (Fsp3) is 1.00. The Kier molecular flexibility index (Phi) is 6.64. The first-order valence-corrected chi connectivity index (χ1v) is 12.8. The Morgan fingerprint density at radius 3 is 1.86 bits per heavy atom. The molecule has 5 heteroatoms. The molecule has 0 radical (unpaired) electrons. The molecule has 2 nitrogen and oxygen atoms in total. The zero-order chi connectivity index (χ0) is 11.2. The second kappa shape index (κ2) is 6.32. The van der Waals surface area contributed by atoms with Crippen molar-refractivity contribution in [1.29, 1.82) is 0 Å². The van der Waals surface area contributed by atoms with Gasteiger partial charge in [-0.2, -0.15) is 11.2 Å². The minimum Gasteiger partial charge on any atom is -0.398 e. The van der Waals surface area contributed by atoms with Gasteiger partial charge in [0.1, 0.15) is 7.22 Å². The molecular formula is C9H24O2SSi2. The number of hydrogen-bond donors (Lipinski definition) is 0. The van der Waals surface area contributed by atoms with E-state index in [0.29, 0.717) is 0 Å². The third-order valence-corrected chi connectivity index (χ3v) is 9.73. The van der Waals surface area contributed by atoms with Crippen LogP contribution in [-0.4, -0.2) is 35.8 Å². The van der Waals surface area contributed by atoms with Crippen molar-refractivity contribution < 1.29 is 8.85 Å². The summed E-state index contributed by atoms with van der Waals surface area (Å²) in [5, 5.41) is 0. The molecule has 0 aliphatic rings. The van der Waals surface area contributed by atoms with Crippen molar-refractivity contribution in [3.63, 3.8) is 0 Å². The molecule has 0 aromatic carbocycles. The molecule has 0 aliphatic carbocycles. The maximum atomic E-state index is 5.44. The van der Waals surface area contributed by atoms with Crippen molar-refractivity contribution in [3.8, 4) is 0 Å². The fourth-order valence-electron chi connectivity index (χ4n) is 1.06. The molecule has 0 aliphatic heterocycles. The van der Waals surface area contributed by atoms with Gasteiger partial charge >= 0.3 is 8.56 Å². The summed E-state index contributed by atoms with van der Waals surface area (Å²) >= 11 is 2.15. The summed E-state index contributed by atoms with van der Waals surface area (Å²) in [6.07, 6.45) is 1.22. The highest BCUT2D eigenvalue weighted by molar-refractivity contribution is 8.28. The monoisotopic (exact) mass is 252 g/mol. The highest BCUT2D eigenvalue weighted by Gasteiger charge is 2.28. The molecule has 0 aromatic heterocycles. The molecule has 0 unspecified atom stereocenters. The predicted octanol–water partition coefficient (Wildman–Crippen LogP) is 3.31. The van der Waals surface area contributed by atoms with Crippen LogP contribution in [0.2, 0.25) is 32.2 Å². The first kappa shape index (κ1) is 14.7. The van der Waals surface area contributed by atoms with Gasteiger partial charge in [0, 0.05) is 14.2 Å². The van der Waals surface area contributed by atoms with Crippen molar-refractivity contribution in [2.45, 2.75) is 38.7 Å². The molecule has 0 saturated carbocycles. The van der Waals surface area contributed by atoms with Gasteiger partial charge in [-0.1, -0.05) is 19.6 Å². The zero-order valence-electron chi connectivity index (χ0n) is 10.3. The lowest BCUT2D eigenvalue weighted by Crippen LogP contribution is -2.36. The molecule has 0 atom stereocenters. The van der Waals surface area contributed by atoms with Crippen LogP contribution in [-0.2, 0) is 8.85 Å². The minimum absolute atomic E-state index is 0.923. The Labute approximate surface area is 94.7 Å². The quantitative estimate of drug-likeness (QED) is 0.512. The van der Waals surface area contributed by atoms with E-state index in [4.69, 9.17) is 8.85 Å². The van der Waals surface area contributed by atoms with E-state index in [0.717, 1.165) is 6.04 Å². The van der Waals surface area contributed by atoms with Gasteiger partial charge in [-0.05, 0) is 24.8 Å². The average Bonchev–Trinajstić information content (AvgIpc) is 2.11. The van der Waals surface area contributed by atoms with Crippen LogP contribution >= 0.6 is 11.2 Å². The van der Waals surface area contributed by atoms with Crippen LogP contribution in [0, 0.1) is 0 Å². The van der Waals surface area contributed by atoms with Gasteiger partial charge in [0.25, 0.3) is 0 Å². The van der Waals surface area contributed by atoms with E-state index in [1.54, 1.807) is 14.2 Å². The van der Waals surface area contributed by atoms with E-state index < -0.39 is 15.8 Å². The molecule has 0 saturated heterocycles. The van der Waals surface area contributed by atoms with E-state index in [2.05, 4.69) is 37.4 Å². The van der Waals surface area contributed by atoms with Crippen LogP contribution in [0.25, 0.3) is 0 Å². The van der Waals surface area contributed by atoms with E-state index in [9.17, 15) is 0 Å². The maximum Gasteiger partial charge on any atom is 0.334 e. The molecule has 0 heterocycles. The van der Waals surface area contributed by atoms with E-state index in [1.165, 1.54) is 12.2 Å². The van der Waals surface area contributed by atoms with Crippen molar-refractivity contribution in [2.75, 3.05) is 20.0 Å². The van der Waals surface area contributed by atoms with Gasteiger partial charge in [0.15, 0.2) is 0 Å². The Bertz CT molecular complexity index is 155. The molecule has 0 N–H and O–H groups in total. The average molecular weight is 253 g/mol. The predicted molar refractivity (Wildman–Crippen MR) is 70.9 cm³/mol. The lowest BCUT2D eigenvalue weighted by molar-refractivity contribution is 0.249. The number of hydrogen-bond acceptors (Lipinski definition) is 3. The second-order valence-corrected chi connectivity index (χ2v) is 17.7. The Hall–Kier alpha value is 0.704. The van der Waals surface area contributed by atoms with E-state index >= 15 is 0 Å². The number of rotatable bonds is 7. The third kappa shape index (κ3) is 7.06. The highest BCUT2D eigenvalue weighted by atomic mass is 32.4. The van der Waals surface area contributed by atoms with Gasteiger partial charge in [0.2, 0.25) is 0 Å². The van der Waals surface area contributed by atoms with Crippen molar-refractivity contribution in [3.05, 3.63) is 0 Å².